The highest BCUT2D eigenvalue weighted by molar-refractivity contribution is 5.04. The topological polar surface area (TPSA) is 43.4 Å². The van der Waals surface area contributed by atoms with Crippen molar-refractivity contribution in [3.63, 3.8) is 0 Å². The number of aryl methyl sites for hydroxylation is 1. The van der Waals surface area contributed by atoms with Crippen LogP contribution in [0.2, 0.25) is 0 Å². The lowest BCUT2D eigenvalue weighted by Gasteiger charge is -2.02. The summed E-state index contributed by atoms with van der Waals surface area (Å²) in [5, 5.41) is 0. The van der Waals surface area contributed by atoms with Crippen molar-refractivity contribution in [2.75, 3.05) is 0 Å². The highest BCUT2D eigenvalue weighted by Gasteiger charge is 2.13. The second-order valence-electron chi connectivity index (χ2n) is 4.71. The third kappa shape index (κ3) is 4.25. The molecule has 0 spiro atoms. The van der Waals surface area contributed by atoms with Crippen LogP contribution < -0.4 is 5.82 Å². The minimum absolute atomic E-state index is 0.482. The minimum Gasteiger partial charge on any atom is -0.396 e. The molecule has 3 heteroatoms. The second kappa shape index (κ2) is 6.56. The summed E-state index contributed by atoms with van der Waals surface area (Å²) in [6, 6.07) is 0. The second-order valence-corrected chi connectivity index (χ2v) is 4.71. The third-order valence-corrected chi connectivity index (χ3v) is 2.58. The Kier molecular flexibility index (Phi) is 5.36. The molecule has 0 amide bonds. The summed E-state index contributed by atoms with van der Waals surface area (Å²) in [6.45, 7) is 6.39. The van der Waals surface area contributed by atoms with E-state index in [4.69, 9.17) is 8.83 Å². The summed E-state index contributed by atoms with van der Waals surface area (Å²) >= 11 is 0. The summed E-state index contributed by atoms with van der Waals surface area (Å²) in [7, 11) is 0. The van der Waals surface area contributed by atoms with E-state index in [1.807, 2.05) is 0 Å². The zero-order valence-electron chi connectivity index (χ0n) is 10.5. The molecule has 0 N–H and O–H groups in total. The lowest BCUT2D eigenvalue weighted by molar-refractivity contribution is 0.360. The fraction of sp³-hybridized carbons (Fsp3) is 0.769. The van der Waals surface area contributed by atoms with Gasteiger partial charge in [-0.25, -0.2) is 4.79 Å². The molecule has 1 aromatic heterocycles. The van der Waals surface area contributed by atoms with Crippen molar-refractivity contribution in [1.29, 1.82) is 0 Å². The Morgan fingerprint density at radius 1 is 1.06 bits per heavy atom. The summed E-state index contributed by atoms with van der Waals surface area (Å²) in [4.78, 5) is 11.0. The number of hydrogen-bond donors (Lipinski definition) is 0. The van der Waals surface area contributed by atoms with Gasteiger partial charge >= 0.3 is 5.82 Å². The van der Waals surface area contributed by atoms with Crippen LogP contribution in [0.5, 0.6) is 0 Å². The van der Waals surface area contributed by atoms with Crippen LogP contribution in [-0.4, -0.2) is 0 Å². The number of hydrogen-bond acceptors (Lipinski definition) is 3. The average molecular weight is 226 g/mol. The Bertz CT molecular complexity index is 346. The van der Waals surface area contributed by atoms with Gasteiger partial charge in [-0.3, -0.25) is 0 Å². The first kappa shape index (κ1) is 13.1. The highest BCUT2D eigenvalue weighted by atomic mass is 16.6. The van der Waals surface area contributed by atoms with Gasteiger partial charge in [0.25, 0.3) is 0 Å². The van der Waals surface area contributed by atoms with E-state index >= 15 is 0 Å². The maximum absolute atomic E-state index is 11.0. The summed E-state index contributed by atoms with van der Waals surface area (Å²) in [5.74, 6) is 1.43. The molecule has 1 rings (SSSR count). The Morgan fingerprint density at radius 3 is 2.38 bits per heavy atom. The normalized spacial score (nSPS) is 11.2. The molecule has 0 fully saturated rings. The standard InChI is InChI=1S/C13H22O3/c1-4-5-6-7-8-11-12(9-10(2)3)16-13(14)15-11/h10H,4-9H2,1-3H3. The fourth-order valence-corrected chi connectivity index (χ4v) is 1.76. The maximum Gasteiger partial charge on any atom is 0.519 e. The van der Waals surface area contributed by atoms with Crippen LogP contribution >= 0.6 is 0 Å². The zero-order valence-corrected chi connectivity index (χ0v) is 10.5. The van der Waals surface area contributed by atoms with Gasteiger partial charge in [-0.1, -0.05) is 40.0 Å². The quantitative estimate of drug-likeness (QED) is 0.668. The summed E-state index contributed by atoms with van der Waals surface area (Å²) < 4.78 is 10.1. The molecule has 16 heavy (non-hydrogen) atoms. The van der Waals surface area contributed by atoms with E-state index in [1.165, 1.54) is 19.3 Å². The maximum atomic E-state index is 11.0. The smallest absolute Gasteiger partial charge is 0.396 e. The molecule has 0 saturated heterocycles. The predicted molar refractivity (Wildman–Crippen MR) is 63.6 cm³/mol. The molecule has 1 aromatic rings. The average Bonchev–Trinajstić information content (AvgIpc) is 2.53. The van der Waals surface area contributed by atoms with E-state index in [1.54, 1.807) is 0 Å². The Balaban J connectivity index is 2.53. The number of rotatable bonds is 7. The summed E-state index contributed by atoms with van der Waals surface area (Å²) in [6.07, 6.45) is 6.33. The largest absolute Gasteiger partial charge is 0.519 e. The fourth-order valence-electron chi connectivity index (χ4n) is 1.76. The van der Waals surface area contributed by atoms with Gasteiger partial charge in [0.2, 0.25) is 0 Å². The van der Waals surface area contributed by atoms with Gasteiger partial charge in [-0.15, -0.1) is 0 Å². The molecule has 0 unspecified atom stereocenters. The first-order chi connectivity index (χ1) is 7.63. The van der Waals surface area contributed by atoms with Crippen molar-refractivity contribution in [1.82, 2.24) is 0 Å². The monoisotopic (exact) mass is 226 g/mol. The van der Waals surface area contributed by atoms with E-state index in [2.05, 4.69) is 20.8 Å². The van der Waals surface area contributed by atoms with E-state index in [-0.39, 0.29) is 0 Å². The van der Waals surface area contributed by atoms with Crippen LogP contribution in [-0.2, 0) is 12.8 Å². The zero-order chi connectivity index (χ0) is 12.0. The molecule has 0 aromatic carbocycles. The van der Waals surface area contributed by atoms with Gasteiger partial charge in [0.05, 0.1) is 0 Å². The molecule has 0 bridgehead atoms. The first-order valence-electron chi connectivity index (χ1n) is 6.25. The molecule has 0 aliphatic heterocycles. The molecule has 0 aliphatic rings. The molecule has 1 heterocycles. The highest BCUT2D eigenvalue weighted by Crippen LogP contribution is 2.15. The van der Waals surface area contributed by atoms with E-state index in [0.717, 1.165) is 30.8 Å². The molecule has 0 atom stereocenters. The van der Waals surface area contributed by atoms with Crippen molar-refractivity contribution < 1.29 is 8.83 Å². The van der Waals surface area contributed by atoms with Gasteiger partial charge in [-0.05, 0) is 12.3 Å². The van der Waals surface area contributed by atoms with Crippen LogP contribution in [0.3, 0.4) is 0 Å². The lowest BCUT2D eigenvalue weighted by atomic mass is 10.1. The van der Waals surface area contributed by atoms with E-state index in [9.17, 15) is 4.79 Å². The van der Waals surface area contributed by atoms with Gasteiger partial charge in [-0.2, -0.15) is 0 Å². The van der Waals surface area contributed by atoms with E-state index in [0.29, 0.717) is 5.92 Å². The van der Waals surface area contributed by atoms with Crippen LogP contribution in [0.15, 0.2) is 13.6 Å². The van der Waals surface area contributed by atoms with Crippen molar-refractivity contribution in [3.05, 3.63) is 22.1 Å². The van der Waals surface area contributed by atoms with Gasteiger partial charge in [0.1, 0.15) is 11.5 Å². The Hall–Kier alpha value is -0.990. The minimum atomic E-state index is -0.554. The SMILES string of the molecule is CCCCCCc1oc(=O)oc1CC(C)C. The molecule has 0 aliphatic carbocycles. The van der Waals surface area contributed by atoms with Crippen molar-refractivity contribution >= 4 is 0 Å². The lowest BCUT2D eigenvalue weighted by Crippen LogP contribution is -1.96. The Labute approximate surface area is 96.8 Å². The van der Waals surface area contributed by atoms with Crippen molar-refractivity contribution in [2.45, 2.75) is 59.3 Å². The molecular weight excluding hydrogens is 204 g/mol. The van der Waals surface area contributed by atoms with Crippen LogP contribution in [0.4, 0.5) is 0 Å². The van der Waals surface area contributed by atoms with Gasteiger partial charge in [0.15, 0.2) is 0 Å². The Morgan fingerprint density at radius 2 is 1.75 bits per heavy atom. The van der Waals surface area contributed by atoms with E-state index < -0.39 is 5.82 Å². The van der Waals surface area contributed by atoms with Gasteiger partial charge in [0, 0.05) is 12.8 Å². The molecule has 0 radical (unpaired) electrons. The van der Waals surface area contributed by atoms with Crippen molar-refractivity contribution in [2.24, 2.45) is 5.92 Å². The molecule has 0 saturated carbocycles. The van der Waals surface area contributed by atoms with Crippen LogP contribution in [0.25, 0.3) is 0 Å². The van der Waals surface area contributed by atoms with Crippen molar-refractivity contribution in [3.8, 4) is 0 Å². The predicted octanol–water partition coefficient (Wildman–Crippen LogP) is 3.55. The summed E-state index contributed by atoms with van der Waals surface area (Å²) in [5.41, 5.74) is 0. The number of unbranched alkanes of at least 4 members (excludes halogenated alkanes) is 3. The van der Waals surface area contributed by atoms with Gasteiger partial charge < -0.3 is 8.83 Å². The third-order valence-electron chi connectivity index (χ3n) is 2.58. The van der Waals surface area contributed by atoms with Crippen LogP contribution in [0.1, 0.15) is 58.0 Å². The first-order valence-corrected chi connectivity index (χ1v) is 6.25. The van der Waals surface area contributed by atoms with Crippen LogP contribution in [0, 0.1) is 5.92 Å². The molecule has 92 valence electrons. The molecular formula is C13H22O3. The molecule has 3 nitrogen and oxygen atoms in total.